The second-order valence-corrected chi connectivity index (χ2v) is 10.6. The number of amides is 1. The van der Waals surface area contributed by atoms with Crippen molar-refractivity contribution in [2.24, 2.45) is 5.92 Å². The predicted octanol–water partition coefficient (Wildman–Crippen LogP) is 5.07. The largest absolute Gasteiger partial charge is 0.491 e. The molecule has 3 rings (SSSR count). The highest BCUT2D eigenvalue weighted by Crippen LogP contribution is 2.34. The van der Waals surface area contributed by atoms with Crippen LogP contribution in [0.1, 0.15) is 62.1 Å². The van der Waals surface area contributed by atoms with Crippen molar-refractivity contribution in [1.82, 2.24) is 9.80 Å². The van der Waals surface area contributed by atoms with E-state index in [0.29, 0.717) is 32.2 Å². The van der Waals surface area contributed by atoms with Crippen LogP contribution in [0.15, 0.2) is 35.7 Å². The standard InChI is InChI=1S/C27H40N2O3S/c1-5-6-22(30)17-28(14-11-20(2)3)18-27(31)29-15-12-26-24(13-16-33-26)25(29)19-32-23-9-7-21(4)8-10-23/h7-10,13,16,20,22,25,30H,5-6,11-12,14-15,17-19H2,1-4H3/t22-,25-/m0/s1. The summed E-state index contributed by atoms with van der Waals surface area (Å²) in [6.07, 6.45) is 3.23. The highest BCUT2D eigenvalue weighted by molar-refractivity contribution is 7.10. The molecule has 182 valence electrons. The summed E-state index contributed by atoms with van der Waals surface area (Å²) < 4.78 is 6.14. The molecule has 6 heteroatoms. The summed E-state index contributed by atoms with van der Waals surface area (Å²) in [4.78, 5) is 19.0. The predicted molar refractivity (Wildman–Crippen MR) is 136 cm³/mol. The number of rotatable bonds is 12. The second kappa shape index (κ2) is 12.5. The molecule has 1 aliphatic heterocycles. The van der Waals surface area contributed by atoms with E-state index in [1.54, 1.807) is 11.3 Å². The van der Waals surface area contributed by atoms with Crippen LogP contribution in [-0.4, -0.2) is 59.7 Å². The van der Waals surface area contributed by atoms with Gasteiger partial charge in [0.25, 0.3) is 0 Å². The molecular formula is C27H40N2O3S. The summed E-state index contributed by atoms with van der Waals surface area (Å²) in [5.74, 6) is 1.51. The van der Waals surface area contributed by atoms with Gasteiger partial charge < -0.3 is 14.7 Å². The summed E-state index contributed by atoms with van der Waals surface area (Å²) in [6.45, 7) is 11.4. The monoisotopic (exact) mass is 472 g/mol. The molecule has 2 atom stereocenters. The SMILES string of the molecule is CCC[C@H](O)CN(CCC(C)C)CC(=O)N1CCc2sccc2[C@@H]1COc1ccc(C)cc1. The molecule has 1 aliphatic rings. The Kier molecular flexibility index (Phi) is 9.78. The van der Waals surface area contributed by atoms with Crippen LogP contribution in [-0.2, 0) is 11.2 Å². The summed E-state index contributed by atoms with van der Waals surface area (Å²) in [7, 11) is 0. The molecule has 0 bridgehead atoms. The van der Waals surface area contributed by atoms with Crippen LogP contribution in [0.3, 0.4) is 0 Å². The first-order valence-electron chi connectivity index (χ1n) is 12.3. The van der Waals surface area contributed by atoms with Gasteiger partial charge in [-0.2, -0.15) is 0 Å². The summed E-state index contributed by atoms with van der Waals surface area (Å²) in [5, 5.41) is 12.5. The van der Waals surface area contributed by atoms with Gasteiger partial charge in [0.1, 0.15) is 12.4 Å². The molecule has 0 fully saturated rings. The number of aliphatic hydroxyl groups is 1. The average molecular weight is 473 g/mol. The lowest BCUT2D eigenvalue weighted by molar-refractivity contribution is -0.136. The number of carbonyl (C=O) groups excluding carboxylic acids is 1. The van der Waals surface area contributed by atoms with Crippen LogP contribution in [0.5, 0.6) is 5.75 Å². The number of aliphatic hydroxyl groups excluding tert-OH is 1. The highest BCUT2D eigenvalue weighted by Gasteiger charge is 2.33. The van der Waals surface area contributed by atoms with Crippen LogP contribution < -0.4 is 4.74 Å². The molecular weight excluding hydrogens is 432 g/mol. The van der Waals surface area contributed by atoms with Gasteiger partial charge in [-0.15, -0.1) is 11.3 Å². The fourth-order valence-electron chi connectivity index (χ4n) is 4.36. The Morgan fingerprint density at radius 1 is 1.24 bits per heavy atom. The van der Waals surface area contributed by atoms with E-state index >= 15 is 0 Å². The van der Waals surface area contributed by atoms with Gasteiger partial charge in [-0.1, -0.05) is 44.9 Å². The summed E-state index contributed by atoms with van der Waals surface area (Å²) >= 11 is 1.77. The Hall–Kier alpha value is -1.89. The lowest BCUT2D eigenvalue weighted by atomic mass is 10.00. The number of hydrogen-bond donors (Lipinski definition) is 1. The number of aryl methyl sites for hydroxylation is 1. The van der Waals surface area contributed by atoms with Crippen LogP contribution >= 0.6 is 11.3 Å². The molecule has 0 spiro atoms. The Morgan fingerprint density at radius 2 is 2.00 bits per heavy atom. The quantitative estimate of drug-likeness (QED) is 0.469. The Balaban J connectivity index is 1.71. The van der Waals surface area contributed by atoms with Crippen LogP contribution in [0.2, 0.25) is 0 Å². The highest BCUT2D eigenvalue weighted by atomic mass is 32.1. The van der Waals surface area contributed by atoms with Crippen molar-refractivity contribution in [3.05, 3.63) is 51.7 Å². The van der Waals surface area contributed by atoms with Crippen molar-refractivity contribution in [2.45, 2.75) is 65.5 Å². The third-order valence-corrected chi connectivity index (χ3v) is 7.31. The maximum atomic E-state index is 13.5. The maximum absolute atomic E-state index is 13.5. The van der Waals surface area contributed by atoms with E-state index in [2.05, 4.69) is 44.0 Å². The third kappa shape index (κ3) is 7.56. The van der Waals surface area contributed by atoms with Crippen molar-refractivity contribution in [3.63, 3.8) is 0 Å². The van der Waals surface area contributed by atoms with Gasteiger partial charge >= 0.3 is 0 Å². The van der Waals surface area contributed by atoms with Crippen molar-refractivity contribution >= 4 is 17.2 Å². The lowest BCUT2D eigenvalue weighted by Gasteiger charge is -2.37. The van der Waals surface area contributed by atoms with Gasteiger partial charge in [0.15, 0.2) is 0 Å². The van der Waals surface area contributed by atoms with E-state index in [4.69, 9.17) is 4.74 Å². The molecule has 1 amide bonds. The van der Waals surface area contributed by atoms with Crippen molar-refractivity contribution in [2.75, 3.05) is 32.8 Å². The topological polar surface area (TPSA) is 53.0 Å². The molecule has 0 radical (unpaired) electrons. The first kappa shape index (κ1) is 25.7. The third-order valence-electron chi connectivity index (χ3n) is 6.32. The zero-order chi connectivity index (χ0) is 23.8. The van der Waals surface area contributed by atoms with Gasteiger partial charge in [0.2, 0.25) is 5.91 Å². The van der Waals surface area contributed by atoms with E-state index < -0.39 is 0 Å². The lowest BCUT2D eigenvalue weighted by Crippen LogP contribution is -2.48. The number of hydrogen-bond acceptors (Lipinski definition) is 5. The van der Waals surface area contributed by atoms with Gasteiger partial charge in [-0.05, 0) is 67.8 Å². The molecule has 0 aliphatic carbocycles. The first-order valence-corrected chi connectivity index (χ1v) is 13.2. The van der Waals surface area contributed by atoms with E-state index in [-0.39, 0.29) is 18.1 Å². The number of nitrogens with zero attached hydrogens (tertiary/aromatic N) is 2. The Labute approximate surface area is 203 Å². The molecule has 33 heavy (non-hydrogen) atoms. The van der Waals surface area contributed by atoms with Gasteiger partial charge in [0.05, 0.1) is 18.7 Å². The number of carbonyl (C=O) groups is 1. The zero-order valence-corrected chi connectivity index (χ0v) is 21.4. The molecule has 1 aromatic carbocycles. The first-order chi connectivity index (χ1) is 15.9. The zero-order valence-electron chi connectivity index (χ0n) is 20.6. The molecule has 0 saturated carbocycles. The number of benzene rings is 1. The molecule has 2 heterocycles. The van der Waals surface area contributed by atoms with E-state index in [1.165, 1.54) is 16.0 Å². The fraction of sp³-hybridized carbons (Fsp3) is 0.593. The summed E-state index contributed by atoms with van der Waals surface area (Å²) in [5.41, 5.74) is 2.41. The molecule has 0 unspecified atom stereocenters. The van der Waals surface area contributed by atoms with Crippen molar-refractivity contribution in [3.8, 4) is 5.75 Å². The second-order valence-electron chi connectivity index (χ2n) is 9.64. The molecule has 1 aromatic heterocycles. The van der Waals surface area contributed by atoms with Gasteiger partial charge in [-0.25, -0.2) is 0 Å². The number of ether oxygens (including phenoxy) is 1. The molecule has 0 saturated heterocycles. The van der Waals surface area contributed by atoms with E-state index in [9.17, 15) is 9.90 Å². The fourth-order valence-corrected chi connectivity index (χ4v) is 5.29. The minimum Gasteiger partial charge on any atom is -0.491 e. The minimum atomic E-state index is -0.388. The summed E-state index contributed by atoms with van der Waals surface area (Å²) in [6, 6.07) is 10.1. The van der Waals surface area contributed by atoms with Crippen molar-refractivity contribution in [1.29, 1.82) is 0 Å². The van der Waals surface area contributed by atoms with Crippen molar-refractivity contribution < 1.29 is 14.6 Å². The van der Waals surface area contributed by atoms with E-state index in [0.717, 1.165) is 38.0 Å². The van der Waals surface area contributed by atoms with Crippen LogP contribution in [0.4, 0.5) is 0 Å². The Bertz CT molecular complexity index is 865. The maximum Gasteiger partial charge on any atom is 0.237 e. The number of thiophene rings is 1. The molecule has 1 N–H and O–H groups in total. The minimum absolute atomic E-state index is 0.0821. The number of fused-ring (bicyclic) bond motifs is 1. The molecule has 5 nitrogen and oxygen atoms in total. The van der Waals surface area contributed by atoms with Crippen LogP contribution in [0.25, 0.3) is 0 Å². The van der Waals surface area contributed by atoms with E-state index in [1.807, 2.05) is 29.2 Å². The average Bonchev–Trinajstić information content (AvgIpc) is 3.26. The van der Waals surface area contributed by atoms with Crippen LogP contribution in [0, 0.1) is 12.8 Å². The smallest absolute Gasteiger partial charge is 0.237 e. The normalized spacial score (nSPS) is 16.8. The Morgan fingerprint density at radius 3 is 2.70 bits per heavy atom. The van der Waals surface area contributed by atoms with Gasteiger partial charge in [-0.3, -0.25) is 9.69 Å². The van der Waals surface area contributed by atoms with Gasteiger partial charge in [0, 0.05) is 18.0 Å². The molecule has 2 aromatic rings.